The zero-order valence-electron chi connectivity index (χ0n) is 9.48. The molecule has 0 spiro atoms. The second-order valence-electron chi connectivity index (χ2n) is 3.61. The Balaban J connectivity index is 2.53. The van der Waals surface area contributed by atoms with E-state index < -0.39 is 10.8 Å². The molecule has 0 saturated carbocycles. The van der Waals surface area contributed by atoms with Gasteiger partial charge in [-0.05, 0) is 6.07 Å². The van der Waals surface area contributed by atoms with E-state index in [2.05, 4.69) is 5.10 Å². The lowest BCUT2D eigenvalue weighted by Crippen LogP contribution is -2.09. The number of primary amides is 1. The predicted molar refractivity (Wildman–Crippen MR) is 63.5 cm³/mol. The van der Waals surface area contributed by atoms with E-state index in [9.17, 15) is 14.9 Å². The number of hydrogen-bond donors (Lipinski definition) is 1. The number of carbonyl (C=O) groups excluding carboxylic acids is 1. The maximum absolute atomic E-state index is 11.0. The van der Waals surface area contributed by atoms with Gasteiger partial charge in [0.25, 0.3) is 11.6 Å². The lowest BCUT2D eigenvalue weighted by Gasteiger charge is -2.03. The Hall–Kier alpha value is -3.21. The van der Waals surface area contributed by atoms with E-state index in [1.165, 1.54) is 29.2 Å². The number of nitrogens with two attached hydrogens (primary N) is 1. The van der Waals surface area contributed by atoms with Gasteiger partial charge in [0, 0.05) is 18.3 Å². The lowest BCUT2D eigenvalue weighted by atomic mass is 10.1. The summed E-state index contributed by atoms with van der Waals surface area (Å²) >= 11 is 0. The molecule has 0 aliphatic heterocycles. The molecule has 1 amide bonds. The highest BCUT2D eigenvalue weighted by atomic mass is 16.6. The largest absolute Gasteiger partial charge is 0.366 e. The van der Waals surface area contributed by atoms with Crippen LogP contribution in [0.1, 0.15) is 15.9 Å². The minimum absolute atomic E-state index is 0.0771. The summed E-state index contributed by atoms with van der Waals surface area (Å²) in [6, 6.07) is 5.62. The van der Waals surface area contributed by atoms with Gasteiger partial charge < -0.3 is 5.73 Å². The van der Waals surface area contributed by atoms with Crippen LogP contribution in [0.25, 0.3) is 5.69 Å². The molecule has 2 aromatic rings. The van der Waals surface area contributed by atoms with E-state index >= 15 is 0 Å². The molecule has 1 aromatic heterocycles. The van der Waals surface area contributed by atoms with Crippen LogP contribution < -0.4 is 5.73 Å². The van der Waals surface area contributed by atoms with Crippen molar-refractivity contribution in [1.29, 1.82) is 5.26 Å². The van der Waals surface area contributed by atoms with Crippen LogP contribution in [0.3, 0.4) is 0 Å². The molecule has 0 atom stereocenters. The molecule has 2 N–H and O–H groups in total. The average Bonchev–Trinajstić information content (AvgIpc) is 2.87. The van der Waals surface area contributed by atoms with E-state index in [4.69, 9.17) is 11.0 Å². The zero-order chi connectivity index (χ0) is 14.0. The summed E-state index contributed by atoms with van der Waals surface area (Å²) in [5.41, 5.74) is 5.49. The molecule has 1 heterocycles. The Morgan fingerprint density at radius 1 is 1.53 bits per heavy atom. The zero-order valence-corrected chi connectivity index (χ0v) is 9.48. The van der Waals surface area contributed by atoms with Gasteiger partial charge in [-0.1, -0.05) is 0 Å². The van der Waals surface area contributed by atoms with Gasteiger partial charge in [-0.15, -0.1) is 0 Å². The molecule has 2 rings (SSSR count). The molecule has 94 valence electrons. The Bertz CT molecular complexity index is 713. The summed E-state index contributed by atoms with van der Waals surface area (Å²) < 4.78 is 1.27. The maximum atomic E-state index is 11.0. The summed E-state index contributed by atoms with van der Waals surface area (Å²) in [7, 11) is 0. The van der Waals surface area contributed by atoms with Gasteiger partial charge in [0.1, 0.15) is 6.07 Å². The van der Waals surface area contributed by atoms with Crippen molar-refractivity contribution in [1.82, 2.24) is 9.78 Å². The van der Waals surface area contributed by atoms with Crippen molar-refractivity contribution in [2.24, 2.45) is 5.73 Å². The lowest BCUT2D eigenvalue weighted by molar-refractivity contribution is -0.384. The molecule has 1 aromatic carbocycles. The normalized spacial score (nSPS) is 9.84. The fraction of sp³-hybridized carbons (Fsp3) is 0. The molecule has 0 bridgehead atoms. The van der Waals surface area contributed by atoms with Crippen LogP contribution in [0, 0.1) is 21.4 Å². The van der Waals surface area contributed by atoms with Crippen molar-refractivity contribution >= 4 is 11.6 Å². The third-order valence-corrected chi connectivity index (χ3v) is 2.43. The molecular formula is C11H7N5O3. The van der Waals surface area contributed by atoms with Crippen LogP contribution in [0.5, 0.6) is 0 Å². The Labute approximate surface area is 106 Å². The van der Waals surface area contributed by atoms with Crippen LogP contribution in [0.2, 0.25) is 0 Å². The number of amides is 1. The molecule has 0 aliphatic rings. The first-order chi connectivity index (χ1) is 9.02. The number of nitriles is 1. The number of hydrogen-bond acceptors (Lipinski definition) is 5. The monoisotopic (exact) mass is 257 g/mol. The third kappa shape index (κ3) is 2.25. The number of rotatable bonds is 3. The number of non-ortho nitro benzene ring substituents is 1. The second-order valence-corrected chi connectivity index (χ2v) is 3.61. The molecule has 0 radical (unpaired) electrons. The fourth-order valence-corrected chi connectivity index (χ4v) is 1.51. The van der Waals surface area contributed by atoms with E-state index in [1.54, 1.807) is 0 Å². The van der Waals surface area contributed by atoms with E-state index in [-0.39, 0.29) is 16.8 Å². The van der Waals surface area contributed by atoms with Crippen molar-refractivity contribution < 1.29 is 9.72 Å². The molecule has 0 fully saturated rings. The third-order valence-electron chi connectivity index (χ3n) is 2.43. The Morgan fingerprint density at radius 3 is 2.79 bits per heavy atom. The van der Waals surface area contributed by atoms with Gasteiger partial charge in [-0.2, -0.15) is 10.4 Å². The number of aromatic nitrogens is 2. The first-order valence-electron chi connectivity index (χ1n) is 5.06. The van der Waals surface area contributed by atoms with Gasteiger partial charge in [0.15, 0.2) is 0 Å². The highest BCUT2D eigenvalue weighted by Gasteiger charge is 2.13. The molecule has 0 unspecified atom stereocenters. The summed E-state index contributed by atoms with van der Waals surface area (Å²) in [4.78, 5) is 21.0. The van der Waals surface area contributed by atoms with Gasteiger partial charge in [0.2, 0.25) is 0 Å². The van der Waals surface area contributed by atoms with Crippen LogP contribution in [-0.2, 0) is 0 Å². The molecular weight excluding hydrogens is 250 g/mol. The van der Waals surface area contributed by atoms with Crippen molar-refractivity contribution in [2.45, 2.75) is 0 Å². The van der Waals surface area contributed by atoms with Gasteiger partial charge >= 0.3 is 0 Å². The first kappa shape index (κ1) is 12.3. The van der Waals surface area contributed by atoms with Crippen molar-refractivity contribution in [3.63, 3.8) is 0 Å². The van der Waals surface area contributed by atoms with Crippen LogP contribution in [-0.4, -0.2) is 20.6 Å². The molecule has 8 nitrogen and oxygen atoms in total. The maximum Gasteiger partial charge on any atom is 0.270 e. The number of benzene rings is 1. The highest BCUT2D eigenvalue weighted by molar-refractivity contribution is 5.92. The SMILES string of the molecule is N#Cc1cc([N+](=O)[O-])ccc1-n1cc(C(N)=O)cn1. The molecule has 19 heavy (non-hydrogen) atoms. The smallest absolute Gasteiger partial charge is 0.270 e. The number of nitro groups is 1. The summed E-state index contributed by atoms with van der Waals surface area (Å²) in [5, 5.41) is 23.5. The van der Waals surface area contributed by atoms with Crippen molar-refractivity contribution in [2.75, 3.05) is 0 Å². The minimum Gasteiger partial charge on any atom is -0.366 e. The van der Waals surface area contributed by atoms with Crippen LogP contribution in [0.4, 0.5) is 5.69 Å². The van der Waals surface area contributed by atoms with Crippen molar-refractivity contribution in [3.8, 4) is 11.8 Å². The van der Waals surface area contributed by atoms with Crippen LogP contribution >= 0.6 is 0 Å². The number of nitro benzene ring substituents is 1. The average molecular weight is 257 g/mol. The Morgan fingerprint density at radius 2 is 2.26 bits per heavy atom. The molecule has 0 aliphatic carbocycles. The van der Waals surface area contributed by atoms with Gasteiger partial charge in [0.05, 0.1) is 27.9 Å². The van der Waals surface area contributed by atoms with E-state index in [0.717, 1.165) is 6.07 Å². The summed E-state index contributed by atoms with van der Waals surface area (Å²) in [6.07, 6.45) is 2.61. The number of carbonyl (C=O) groups is 1. The van der Waals surface area contributed by atoms with Gasteiger partial charge in [-0.25, -0.2) is 4.68 Å². The summed E-state index contributed by atoms with van der Waals surface area (Å²) in [6.45, 7) is 0. The standard InChI is InChI=1S/C11H7N5O3/c12-4-7-3-9(16(18)19)1-2-10(7)15-6-8(5-14-15)11(13)17/h1-3,5-6H,(H2,13,17). The summed E-state index contributed by atoms with van der Waals surface area (Å²) in [5.74, 6) is -0.647. The topological polar surface area (TPSA) is 128 Å². The predicted octanol–water partition coefficient (Wildman–Crippen LogP) is 0.751. The highest BCUT2D eigenvalue weighted by Crippen LogP contribution is 2.20. The molecule has 8 heteroatoms. The van der Waals surface area contributed by atoms with Crippen molar-refractivity contribution in [3.05, 3.63) is 51.8 Å². The quantitative estimate of drug-likeness (QED) is 0.640. The van der Waals surface area contributed by atoms with E-state index in [0.29, 0.717) is 5.69 Å². The van der Waals surface area contributed by atoms with Gasteiger partial charge in [-0.3, -0.25) is 14.9 Å². The second kappa shape index (κ2) is 4.58. The number of nitrogens with zero attached hydrogens (tertiary/aromatic N) is 4. The van der Waals surface area contributed by atoms with Crippen LogP contribution in [0.15, 0.2) is 30.6 Å². The molecule has 0 saturated heterocycles. The van der Waals surface area contributed by atoms with E-state index in [1.807, 2.05) is 6.07 Å². The Kier molecular flexibility index (Phi) is 2.95. The minimum atomic E-state index is -0.647. The first-order valence-corrected chi connectivity index (χ1v) is 5.06. The fourth-order valence-electron chi connectivity index (χ4n) is 1.51.